The Morgan fingerprint density at radius 2 is 1.90 bits per heavy atom. The van der Waals surface area contributed by atoms with Gasteiger partial charge in [0.05, 0.1) is 17.8 Å². The summed E-state index contributed by atoms with van der Waals surface area (Å²) in [5, 5.41) is 0. The summed E-state index contributed by atoms with van der Waals surface area (Å²) < 4.78 is 45.4. The lowest BCUT2D eigenvalue weighted by atomic mass is 9.95. The Balaban J connectivity index is 2.38. The van der Waals surface area contributed by atoms with E-state index >= 15 is 0 Å². The highest BCUT2D eigenvalue weighted by molar-refractivity contribution is 5.53. The van der Waals surface area contributed by atoms with Gasteiger partial charge in [0.15, 0.2) is 0 Å². The summed E-state index contributed by atoms with van der Waals surface area (Å²) in [6.45, 7) is 9.19. The molecule has 0 amide bonds. The van der Waals surface area contributed by atoms with Crippen molar-refractivity contribution >= 4 is 5.69 Å². The van der Waals surface area contributed by atoms with Crippen LogP contribution in [0.2, 0.25) is 0 Å². The van der Waals surface area contributed by atoms with Crippen molar-refractivity contribution in [2.24, 2.45) is 0 Å². The summed E-state index contributed by atoms with van der Waals surface area (Å²) in [6, 6.07) is 4.66. The first-order valence-electron chi connectivity index (χ1n) is 7.20. The van der Waals surface area contributed by atoms with Crippen molar-refractivity contribution in [1.29, 1.82) is 0 Å². The molecule has 0 aromatic heterocycles. The van der Waals surface area contributed by atoms with Gasteiger partial charge in [0.2, 0.25) is 0 Å². The van der Waals surface area contributed by atoms with Crippen LogP contribution in [-0.2, 0) is 10.9 Å². The van der Waals surface area contributed by atoms with Crippen LogP contribution in [-0.4, -0.2) is 25.3 Å². The Bertz CT molecular complexity index is 509. The smallest absolute Gasteiger partial charge is 0.372 e. The number of anilines is 1. The maximum atomic E-state index is 13.3. The molecule has 0 radical (unpaired) electrons. The number of alkyl halides is 3. The molecule has 1 aliphatic heterocycles. The lowest BCUT2D eigenvalue weighted by Gasteiger charge is -2.39. The Hall–Kier alpha value is -1.23. The van der Waals surface area contributed by atoms with Crippen LogP contribution in [0.5, 0.6) is 0 Å². The van der Waals surface area contributed by atoms with Gasteiger partial charge < -0.3 is 9.64 Å². The molecular weight excluding hydrogens is 279 g/mol. The zero-order chi connectivity index (χ0) is 15.8. The molecule has 0 aliphatic carbocycles. The SMILES string of the molecule is CC(C)c1ccc(N2CCOC(C)(C)C2)cc1C(F)(F)F. The second-order valence-corrected chi connectivity index (χ2v) is 6.45. The molecule has 0 saturated carbocycles. The number of benzene rings is 1. The molecule has 118 valence electrons. The number of ether oxygens (including phenoxy) is 1. The second-order valence-electron chi connectivity index (χ2n) is 6.45. The number of rotatable bonds is 2. The predicted molar refractivity (Wildman–Crippen MR) is 77.8 cm³/mol. The van der Waals surface area contributed by atoms with Gasteiger partial charge >= 0.3 is 6.18 Å². The van der Waals surface area contributed by atoms with Gasteiger partial charge in [-0.1, -0.05) is 19.9 Å². The number of hydrogen-bond acceptors (Lipinski definition) is 2. The van der Waals surface area contributed by atoms with Crippen LogP contribution in [0.4, 0.5) is 18.9 Å². The monoisotopic (exact) mass is 301 g/mol. The molecule has 2 nitrogen and oxygen atoms in total. The zero-order valence-corrected chi connectivity index (χ0v) is 12.9. The molecule has 0 N–H and O–H groups in total. The lowest BCUT2D eigenvalue weighted by Crippen LogP contribution is -2.48. The van der Waals surface area contributed by atoms with Gasteiger partial charge in [0.25, 0.3) is 0 Å². The number of halogens is 3. The molecule has 0 spiro atoms. The summed E-state index contributed by atoms with van der Waals surface area (Å²) in [5.41, 5.74) is 0.0917. The normalized spacial score (nSPS) is 19.1. The first-order chi connectivity index (χ1) is 9.60. The van der Waals surface area contributed by atoms with E-state index in [2.05, 4.69) is 0 Å². The molecule has 21 heavy (non-hydrogen) atoms. The van der Waals surface area contributed by atoms with E-state index in [-0.39, 0.29) is 11.5 Å². The average molecular weight is 301 g/mol. The van der Waals surface area contributed by atoms with E-state index in [1.54, 1.807) is 26.0 Å². The molecule has 5 heteroatoms. The standard InChI is InChI=1S/C16H22F3NO/c1-11(2)13-6-5-12(9-14(13)16(17,18)19)20-7-8-21-15(3,4)10-20/h5-6,9,11H,7-8,10H2,1-4H3. The third-order valence-corrected chi connectivity index (χ3v) is 3.76. The fourth-order valence-electron chi connectivity index (χ4n) is 2.73. The van der Waals surface area contributed by atoms with Crippen molar-refractivity contribution in [3.63, 3.8) is 0 Å². The van der Waals surface area contributed by atoms with Crippen molar-refractivity contribution < 1.29 is 17.9 Å². The van der Waals surface area contributed by atoms with E-state index in [0.29, 0.717) is 30.9 Å². The van der Waals surface area contributed by atoms with E-state index in [0.717, 1.165) is 0 Å². The second kappa shape index (κ2) is 5.52. The minimum absolute atomic E-state index is 0.156. The molecule has 0 atom stereocenters. The topological polar surface area (TPSA) is 12.5 Å². The van der Waals surface area contributed by atoms with Gasteiger partial charge in [-0.2, -0.15) is 13.2 Å². The molecule has 1 fully saturated rings. The first kappa shape index (κ1) is 16.1. The highest BCUT2D eigenvalue weighted by Crippen LogP contribution is 2.38. The molecule has 0 unspecified atom stereocenters. The van der Waals surface area contributed by atoms with Crippen LogP contribution in [0.3, 0.4) is 0 Å². The predicted octanol–water partition coefficient (Wildman–Crippen LogP) is 4.44. The third-order valence-electron chi connectivity index (χ3n) is 3.76. The molecule has 1 aliphatic rings. The van der Waals surface area contributed by atoms with Gasteiger partial charge in [-0.05, 0) is 37.5 Å². The number of hydrogen-bond donors (Lipinski definition) is 0. The van der Waals surface area contributed by atoms with Gasteiger partial charge in [-0.25, -0.2) is 0 Å². The van der Waals surface area contributed by atoms with Crippen LogP contribution in [0.1, 0.15) is 44.7 Å². The van der Waals surface area contributed by atoms with Crippen LogP contribution < -0.4 is 4.90 Å². The van der Waals surface area contributed by atoms with Crippen LogP contribution in [0, 0.1) is 0 Å². The van der Waals surface area contributed by atoms with E-state index < -0.39 is 11.7 Å². The molecule has 1 aromatic rings. The molecule has 1 heterocycles. The van der Waals surface area contributed by atoms with Gasteiger partial charge in [-0.15, -0.1) is 0 Å². The molecule has 2 rings (SSSR count). The average Bonchev–Trinajstić information content (AvgIpc) is 2.35. The third kappa shape index (κ3) is 3.70. The fourth-order valence-corrected chi connectivity index (χ4v) is 2.73. The van der Waals surface area contributed by atoms with Crippen molar-refractivity contribution in [1.82, 2.24) is 0 Å². The Morgan fingerprint density at radius 1 is 1.24 bits per heavy atom. The van der Waals surface area contributed by atoms with Gasteiger partial charge in [-0.3, -0.25) is 0 Å². The maximum Gasteiger partial charge on any atom is 0.416 e. The molecular formula is C16H22F3NO. The Kier molecular flexibility index (Phi) is 4.24. The summed E-state index contributed by atoms with van der Waals surface area (Å²) in [7, 11) is 0. The molecule has 1 aromatic carbocycles. The lowest BCUT2D eigenvalue weighted by molar-refractivity contribution is -0.138. The Labute approximate surface area is 123 Å². The summed E-state index contributed by atoms with van der Waals surface area (Å²) >= 11 is 0. The van der Waals surface area contributed by atoms with Crippen molar-refractivity contribution in [2.75, 3.05) is 24.6 Å². The summed E-state index contributed by atoms with van der Waals surface area (Å²) in [6.07, 6.45) is -4.32. The highest BCUT2D eigenvalue weighted by Gasteiger charge is 2.35. The number of nitrogens with zero attached hydrogens (tertiary/aromatic N) is 1. The van der Waals surface area contributed by atoms with Gasteiger partial charge in [0, 0.05) is 18.8 Å². The summed E-state index contributed by atoms with van der Waals surface area (Å²) in [4.78, 5) is 1.96. The first-order valence-corrected chi connectivity index (χ1v) is 7.20. The summed E-state index contributed by atoms with van der Waals surface area (Å²) in [5.74, 6) is -0.156. The quantitative estimate of drug-likeness (QED) is 0.800. The Morgan fingerprint density at radius 3 is 2.43 bits per heavy atom. The van der Waals surface area contributed by atoms with Gasteiger partial charge in [0.1, 0.15) is 0 Å². The molecule has 1 saturated heterocycles. The largest absolute Gasteiger partial charge is 0.416 e. The van der Waals surface area contributed by atoms with Crippen molar-refractivity contribution in [3.05, 3.63) is 29.3 Å². The van der Waals surface area contributed by atoms with E-state index in [4.69, 9.17) is 4.74 Å². The van der Waals surface area contributed by atoms with E-state index in [9.17, 15) is 13.2 Å². The number of morpholine rings is 1. The van der Waals surface area contributed by atoms with Crippen LogP contribution in [0.15, 0.2) is 18.2 Å². The fraction of sp³-hybridized carbons (Fsp3) is 0.625. The van der Waals surface area contributed by atoms with Crippen LogP contribution >= 0.6 is 0 Å². The van der Waals surface area contributed by atoms with Crippen LogP contribution in [0.25, 0.3) is 0 Å². The van der Waals surface area contributed by atoms with Crippen molar-refractivity contribution in [2.45, 2.75) is 45.4 Å². The van der Waals surface area contributed by atoms with E-state index in [1.807, 2.05) is 18.7 Å². The van der Waals surface area contributed by atoms with Crippen molar-refractivity contribution in [3.8, 4) is 0 Å². The van der Waals surface area contributed by atoms with E-state index in [1.165, 1.54) is 6.07 Å². The maximum absolute atomic E-state index is 13.3. The minimum atomic E-state index is -4.32. The highest BCUT2D eigenvalue weighted by atomic mass is 19.4. The molecule has 0 bridgehead atoms. The minimum Gasteiger partial charge on any atom is -0.372 e. The zero-order valence-electron chi connectivity index (χ0n) is 12.9.